The van der Waals surface area contributed by atoms with Crippen LogP contribution in [0.15, 0.2) is 0 Å². The van der Waals surface area contributed by atoms with Crippen LogP contribution >= 0.6 is 0 Å². The number of carboxylic acids is 1. The molecule has 0 bridgehead atoms. The van der Waals surface area contributed by atoms with Gasteiger partial charge in [0.15, 0.2) is 6.61 Å². The van der Waals surface area contributed by atoms with Gasteiger partial charge < -0.3 is 10.0 Å². The summed E-state index contributed by atoms with van der Waals surface area (Å²) >= 11 is 0. The molecule has 1 rings (SSSR count). The summed E-state index contributed by atoms with van der Waals surface area (Å²) in [7, 11) is 0. The molecule has 2 amide bonds. The van der Waals surface area contributed by atoms with Crippen LogP contribution in [0.2, 0.25) is 0 Å². The molecular formula is C11H20N2O4. The Kier molecular flexibility index (Phi) is 5.76. The average Bonchev–Trinajstić information content (AvgIpc) is 2.29. The highest BCUT2D eigenvalue weighted by atomic mass is 16.7. The second-order valence-electron chi connectivity index (χ2n) is 4.22. The van der Waals surface area contributed by atoms with E-state index in [1.807, 2.05) is 0 Å². The largest absolute Gasteiger partial charge is 0.479 e. The third kappa shape index (κ3) is 4.60. The SMILES string of the molecule is CCCC1CCCCN1C(=O)NOCC(=O)O. The van der Waals surface area contributed by atoms with Crippen molar-refractivity contribution in [2.45, 2.75) is 45.1 Å². The van der Waals surface area contributed by atoms with Crippen LogP contribution in [0.3, 0.4) is 0 Å². The van der Waals surface area contributed by atoms with Crippen LogP contribution in [-0.4, -0.2) is 41.2 Å². The Morgan fingerprint density at radius 2 is 2.24 bits per heavy atom. The van der Waals surface area contributed by atoms with Crippen LogP contribution in [0.1, 0.15) is 39.0 Å². The molecule has 1 atom stereocenters. The maximum Gasteiger partial charge on any atom is 0.341 e. The van der Waals surface area contributed by atoms with E-state index in [0.717, 1.165) is 32.1 Å². The van der Waals surface area contributed by atoms with Gasteiger partial charge in [-0.3, -0.25) is 4.84 Å². The molecule has 6 heteroatoms. The van der Waals surface area contributed by atoms with E-state index in [0.29, 0.717) is 6.54 Å². The van der Waals surface area contributed by atoms with Gasteiger partial charge in [0.05, 0.1) is 0 Å². The Bertz CT molecular complexity index is 268. The number of hydrogen-bond acceptors (Lipinski definition) is 3. The Morgan fingerprint density at radius 3 is 2.88 bits per heavy atom. The predicted molar refractivity (Wildman–Crippen MR) is 61.4 cm³/mol. The number of aliphatic carboxylic acids is 1. The Hall–Kier alpha value is -1.30. The lowest BCUT2D eigenvalue weighted by Crippen LogP contribution is -2.48. The fourth-order valence-electron chi connectivity index (χ4n) is 2.12. The minimum Gasteiger partial charge on any atom is -0.479 e. The minimum absolute atomic E-state index is 0.252. The molecule has 0 radical (unpaired) electrons. The molecule has 1 heterocycles. The molecule has 1 fully saturated rings. The zero-order valence-corrected chi connectivity index (χ0v) is 10.1. The Balaban J connectivity index is 2.38. The molecule has 0 spiro atoms. The maximum absolute atomic E-state index is 11.8. The van der Waals surface area contributed by atoms with Gasteiger partial charge in [0.2, 0.25) is 0 Å². The van der Waals surface area contributed by atoms with Gasteiger partial charge in [-0.05, 0) is 25.7 Å². The molecule has 6 nitrogen and oxygen atoms in total. The van der Waals surface area contributed by atoms with Crippen LogP contribution in [0.5, 0.6) is 0 Å². The third-order valence-corrected chi connectivity index (χ3v) is 2.87. The fraction of sp³-hybridized carbons (Fsp3) is 0.818. The standard InChI is InChI=1S/C11H20N2O4/c1-2-5-9-6-3-4-7-13(9)11(16)12-17-8-10(14)15/h9H,2-8H2,1H3,(H,12,16)(H,14,15). The zero-order valence-electron chi connectivity index (χ0n) is 10.1. The van der Waals surface area contributed by atoms with Gasteiger partial charge in [-0.2, -0.15) is 0 Å². The number of carboxylic acid groups (broad SMARTS) is 1. The number of hydrogen-bond donors (Lipinski definition) is 2. The summed E-state index contributed by atoms with van der Waals surface area (Å²) < 4.78 is 0. The van der Waals surface area contributed by atoms with Crippen molar-refractivity contribution in [3.05, 3.63) is 0 Å². The maximum atomic E-state index is 11.8. The lowest BCUT2D eigenvalue weighted by Gasteiger charge is -2.35. The minimum atomic E-state index is -1.10. The van der Waals surface area contributed by atoms with Crippen molar-refractivity contribution in [1.29, 1.82) is 0 Å². The van der Waals surface area contributed by atoms with Crippen LogP contribution in [0.4, 0.5) is 4.79 Å². The van der Waals surface area contributed by atoms with Gasteiger partial charge in [-0.25, -0.2) is 15.1 Å². The highest BCUT2D eigenvalue weighted by molar-refractivity contribution is 5.74. The lowest BCUT2D eigenvalue weighted by atomic mass is 9.99. The molecule has 98 valence electrons. The smallest absolute Gasteiger partial charge is 0.341 e. The van der Waals surface area contributed by atoms with E-state index in [4.69, 9.17) is 5.11 Å². The number of carbonyl (C=O) groups is 2. The third-order valence-electron chi connectivity index (χ3n) is 2.87. The quantitative estimate of drug-likeness (QED) is 0.716. The summed E-state index contributed by atoms with van der Waals surface area (Å²) in [5, 5.41) is 8.38. The Labute approximate surface area is 101 Å². The topological polar surface area (TPSA) is 78.9 Å². The summed E-state index contributed by atoms with van der Waals surface area (Å²) in [4.78, 5) is 28.3. The van der Waals surface area contributed by atoms with Crippen molar-refractivity contribution in [2.75, 3.05) is 13.2 Å². The lowest BCUT2D eigenvalue weighted by molar-refractivity contribution is -0.144. The van der Waals surface area contributed by atoms with E-state index in [1.165, 1.54) is 0 Å². The number of urea groups is 1. The van der Waals surface area contributed by atoms with Crippen LogP contribution in [0.25, 0.3) is 0 Å². The van der Waals surface area contributed by atoms with Gasteiger partial charge >= 0.3 is 12.0 Å². The molecule has 0 saturated carbocycles. The van der Waals surface area contributed by atoms with E-state index >= 15 is 0 Å². The van der Waals surface area contributed by atoms with E-state index in [2.05, 4.69) is 17.2 Å². The van der Waals surface area contributed by atoms with Crippen molar-refractivity contribution in [3.63, 3.8) is 0 Å². The van der Waals surface area contributed by atoms with E-state index in [-0.39, 0.29) is 12.1 Å². The van der Waals surface area contributed by atoms with E-state index in [9.17, 15) is 9.59 Å². The second-order valence-corrected chi connectivity index (χ2v) is 4.22. The van der Waals surface area contributed by atoms with Gasteiger partial charge in [-0.1, -0.05) is 13.3 Å². The Morgan fingerprint density at radius 1 is 1.47 bits per heavy atom. The molecule has 1 unspecified atom stereocenters. The van der Waals surface area contributed by atoms with Crippen molar-refractivity contribution in [3.8, 4) is 0 Å². The first kappa shape index (κ1) is 13.8. The highest BCUT2D eigenvalue weighted by Gasteiger charge is 2.25. The number of nitrogens with one attached hydrogen (secondary N) is 1. The van der Waals surface area contributed by atoms with E-state index < -0.39 is 12.6 Å². The zero-order chi connectivity index (χ0) is 12.7. The van der Waals surface area contributed by atoms with E-state index in [1.54, 1.807) is 4.90 Å². The molecule has 2 N–H and O–H groups in total. The van der Waals surface area contributed by atoms with Crippen molar-refractivity contribution in [2.24, 2.45) is 0 Å². The van der Waals surface area contributed by atoms with Gasteiger partial charge in [0, 0.05) is 12.6 Å². The molecule has 1 aliphatic rings. The monoisotopic (exact) mass is 244 g/mol. The van der Waals surface area contributed by atoms with Crippen molar-refractivity contribution in [1.82, 2.24) is 10.4 Å². The summed E-state index contributed by atoms with van der Waals surface area (Å²) in [5.41, 5.74) is 2.18. The average molecular weight is 244 g/mol. The molecular weight excluding hydrogens is 224 g/mol. The predicted octanol–water partition coefficient (Wildman–Crippen LogP) is 1.37. The van der Waals surface area contributed by atoms with Crippen molar-refractivity contribution >= 4 is 12.0 Å². The summed E-state index contributed by atoms with van der Waals surface area (Å²) in [6, 6.07) is -0.0772. The molecule has 17 heavy (non-hydrogen) atoms. The number of piperidine rings is 1. The van der Waals surface area contributed by atoms with Gasteiger partial charge in [-0.15, -0.1) is 0 Å². The number of nitrogens with zero attached hydrogens (tertiary/aromatic N) is 1. The van der Waals surface area contributed by atoms with Crippen molar-refractivity contribution < 1.29 is 19.5 Å². The van der Waals surface area contributed by atoms with Gasteiger partial charge in [0.25, 0.3) is 0 Å². The first-order valence-electron chi connectivity index (χ1n) is 6.05. The molecule has 1 saturated heterocycles. The summed E-state index contributed by atoms with van der Waals surface area (Å²) in [5.74, 6) is -1.10. The first-order valence-corrected chi connectivity index (χ1v) is 6.05. The number of hydroxylamine groups is 1. The number of carbonyl (C=O) groups excluding carboxylic acids is 1. The fourth-order valence-corrected chi connectivity index (χ4v) is 2.12. The molecule has 1 aliphatic heterocycles. The summed E-state index contributed by atoms with van der Waals surface area (Å²) in [6.45, 7) is 2.29. The number of rotatable bonds is 5. The van der Waals surface area contributed by atoms with Crippen LogP contribution in [0, 0.1) is 0 Å². The van der Waals surface area contributed by atoms with Crippen LogP contribution in [-0.2, 0) is 9.63 Å². The first-order chi connectivity index (χ1) is 8.15. The highest BCUT2D eigenvalue weighted by Crippen LogP contribution is 2.20. The molecule has 0 aromatic rings. The normalized spacial score (nSPS) is 20.1. The molecule has 0 aromatic heterocycles. The number of likely N-dealkylation sites (tertiary alicyclic amines) is 1. The van der Waals surface area contributed by atoms with Gasteiger partial charge in [0.1, 0.15) is 0 Å². The molecule has 0 aromatic carbocycles. The van der Waals surface area contributed by atoms with Crippen LogP contribution < -0.4 is 5.48 Å². The summed E-state index contributed by atoms with van der Waals surface area (Å²) in [6.07, 6.45) is 5.16. The second kappa shape index (κ2) is 7.11. The molecule has 0 aliphatic carbocycles. The number of amides is 2.